The first-order chi connectivity index (χ1) is 17.6. The molecule has 202 valence electrons. The molecular weight excluding hydrogens is 505 g/mol. The quantitative estimate of drug-likeness (QED) is 0.224. The monoisotopic (exact) mass is 538 g/mol. The summed E-state index contributed by atoms with van der Waals surface area (Å²) in [5.74, 6) is 1.43. The minimum absolute atomic E-state index is 0.143. The van der Waals surface area contributed by atoms with Crippen LogP contribution in [0.2, 0.25) is 5.15 Å². The van der Waals surface area contributed by atoms with E-state index in [-0.39, 0.29) is 16.6 Å². The number of hydrogen-bond acceptors (Lipinski definition) is 5. The van der Waals surface area contributed by atoms with Gasteiger partial charge >= 0.3 is 6.18 Å². The van der Waals surface area contributed by atoms with Crippen molar-refractivity contribution in [2.75, 3.05) is 38.6 Å². The topological polar surface area (TPSA) is 57.7 Å². The Hall–Kier alpha value is -2.36. The zero-order valence-electron chi connectivity index (χ0n) is 21.2. The Balaban J connectivity index is 1.20. The van der Waals surface area contributed by atoms with Crippen molar-refractivity contribution in [1.29, 1.82) is 0 Å². The number of aromatic nitrogens is 1. The number of carbonyl (C=O) groups excluding carboxylic acids is 1. The lowest BCUT2D eigenvalue weighted by Crippen LogP contribution is -2.35. The molecule has 4 rings (SSSR count). The van der Waals surface area contributed by atoms with Crippen LogP contribution in [0.5, 0.6) is 0 Å². The summed E-state index contributed by atoms with van der Waals surface area (Å²) < 4.78 is 41.0. The van der Waals surface area contributed by atoms with Gasteiger partial charge in [0.05, 0.1) is 5.56 Å². The molecule has 1 amide bonds. The fourth-order valence-corrected chi connectivity index (χ4v) is 5.00. The van der Waals surface area contributed by atoms with Crippen molar-refractivity contribution in [2.45, 2.75) is 56.7 Å². The van der Waals surface area contributed by atoms with Gasteiger partial charge in [-0.05, 0) is 73.6 Å². The molecule has 1 unspecified atom stereocenters. The number of amides is 1. The molecule has 2 aromatic rings. The van der Waals surface area contributed by atoms with Crippen LogP contribution in [0.4, 0.5) is 19.0 Å². The van der Waals surface area contributed by atoms with Crippen molar-refractivity contribution < 1.29 is 22.8 Å². The Morgan fingerprint density at radius 1 is 1.19 bits per heavy atom. The van der Waals surface area contributed by atoms with E-state index in [0.717, 1.165) is 63.0 Å². The lowest BCUT2D eigenvalue weighted by molar-refractivity contribution is -0.241. The van der Waals surface area contributed by atoms with Crippen molar-refractivity contribution in [3.05, 3.63) is 58.2 Å². The average molecular weight is 539 g/mol. The van der Waals surface area contributed by atoms with E-state index < -0.39 is 12.3 Å². The first-order valence-corrected chi connectivity index (χ1v) is 13.2. The molecule has 1 N–H and O–H groups in total. The van der Waals surface area contributed by atoms with Crippen molar-refractivity contribution in [1.82, 2.24) is 15.4 Å². The van der Waals surface area contributed by atoms with Gasteiger partial charge in [-0.2, -0.15) is 13.2 Å². The molecule has 1 saturated heterocycles. The van der Waals surface area contributed by atoms with Gasteiger partial charge in [-0.15, -0.1) is 0 Å². The van der Waals surface area contributed by atoms with Gasteiger partial charge in [0.15, 0.2) is 6.10 Å². The molecule has 2 aliphatic rings. The predicted octanol–water partition coefficient (Wildman–Crippen LogP) is 6.14. The number of pyridine rings is 1. The van der Waals surface area contributed by atoms with Gasteiger partial charge in [0, 0.05) is 33.7 Å². The largest absolute Gasteiger partial charge is 0.420 e. The van der Waals surface area contributed by atoms with Gasteiger partial charge < -0.3 is 9.80 Å². The number of carbonyl (C=O) groups is 1. The SMILES string of the molecule is CN(C)C(=O)c1ccc(N2CCC(CCCNOC(c3cccc(C4CC4)c3)C(F)(F)F)CC2)nc1Cl. The first kappa shape index (κ1) is 27.7. The highest BCUT2D eigenvalue weighted by Gasteiger charge is 2.43. The predicted molar refractivity (Wildman–Crippen MR) is 138 cm³/mol. The summed E-state index contributed by atoms with van der Waals surface area (Å²) >= 11 is 6.25. The van der Waals surface area contributed by atoms with Crippen LogP contribution < -0.4 is 10.4 Å². The number of piperidine rings is 1. The van der Waals surface area contributed by atoms with Gasteiger partial charge in [0.25, 0.3) is 5.91 Å². The van der Waals surface area contributed by atoms with E-state index in [9.17, 15) is 18.0 Å². The lowest BCUT2D eigenvalue weighted by atomic mass is 9.92. The molecule has 1 aromatic carbocycles. The Morgan fingerprint density at radius 3 is 2.54 bits per heavy atom. The third kappa shape index (κ3) is 7.36. The van der Waals surface area contributed by atoms with Crippen molar-refractivity contribution >= 4 is 23.3 Å². The number of benzene rings is 1. The summed E-state index contributed by atoms with van der Waals surface area (Å²) in [7, 11) is 3.34. The van der Waals surface area contributed by atoms with E-state index in [1.807, 2.05) is 12.1 Å². The van der Waals surface area contributed by atoms with Gasteiger partial charge in [0.2, 0.25) is 0 Å². The molecule has 1 aliphatic carbocycles. The molecule has 2 fully saturated rings. The molecule has 0 spiro atoms. The second kappa shape index (κ2) is 12.0. The number of nitrogens with zero attached hydrogens (tertiary/aromatic N) is 3. The number of rotatable bonds is 10. The molecule has 37 heavy (non-hydrogen) atoms. The van der Waals surface area contributed by atoms with E-state index in [4.69, 9.17) is 16.4 Å². The maximum Gasteiger partial charge on any atom is 0.420 e. The molecular formula is C27H34ClF3N4O2. The van der Waals surface area contributed by atoms with Crippen LogP contribution in [-0.4, -0.2) is 55.7 Å². The maximum absolute atomic E-state index is 13.7. The molecule has 0 radical (unpaired) electrons. The van der Waals surface area contributed by atoms with Crippen LogP contribution >= 0.6 is 11.6 Å². The lowest BCUT2D eigenvalue weighted by Gasteiger charge is -2.33. The van der Waals surface area contributed by atoms with Crippen molar-refractivity contribution in [3.63, 3.8) is 0 Å². The standard InChI is InChI=1S/C27H34ClF3N4O2/c1-34(2)26(36)22-10-11-23(33-25(22)28)35-15-12-18(13-16-35)5-4-14-32-37-24(27(29,30)31)21-7-3-6-20(17-21)19-8-9-19/h3,6-7,10-11,17-19,24,32H,4-5,8-9,12-16H2,1-2H3. The highest BCUT2D eigenvalue weighted by Crippen LogP contribution is 2.42. The van der Waals surface area contributed by atoms with Gasteiger partial charge in [0.1, 0.15) is 11.0 Å². The molecule has 2 heterocycles. The number of anilines is 1. The van der Waals surface area contributed by atoms with E-state index in [0.29, 0.717) is 23.9 Å². The molecule has 1 atom stereocenters. The Kier molecular flexibility index (Phi) is 8.98. The van der Waals surface area contributed by atoms with Gasteiger partial charge in [-0.25, -0.2) is 10.5 Å². The number of nitrogens with one attached hydrogen (secondary N) is 1. The molecule has 1 aromatic heterocycles. The van der Waals surface area contributed by atoms with Crippen LogP contribution in [0.25, 0.3) is 0 Å². The first-order valence-electron chi connectivity index (χ1n) is 12.8. The summed E-state index contributed by atoms with van der Waals surface area (Å²) in [5, 5.41) is 0.195. The van der Waals surface area contributed by atoms with Crippen LogP contribution in [-0.2, 0) is 4.84 Å². The van der Waals surface area contributed by atoms with Crippen LogP contribution in [0, 0.1) is 5.92 Å². The smallest absolute Gasteiger partial charge is 0.357 e. The fraction of sp³-hybridized carbons (Fsp3) is 0.556. The van der Waals surface area contributed by atoms with E-state index in [1.54, 1.807) is 32.3 Å². The fourth-order valence-electron chi connectivity index (χ4n) is 4.77. The minimum atomic E-state index is -4.49. The van der Waals surface area contributed by atoms with E-state index >= 15 is 0 Å². The third-order valence-electron chi connectivity index (χ3n) is 7.06. The van der Waals surface area contributed by atoms with Crippen LogP contribution in [0.3, 0.4) is 0 Å². The average Bonchev–Trinajstić information content (AvgIpc) is 3.71. The Morgan fingerprint density at radius 2 is 1.92 bits per heavy atom. The summed E-state index contributed by atoms with van der Waals surface area (Å²) in [6.07, 6.45) is -0.857. The second-order valence-electron chi connectivity index (χ2n) is 10.2. The number of hydroxylamine groups is 1. The van der Waals surface area contributed by atoms with E-state index in [2.05, 4.69) is 15.4 Å². The second-order valence-corrected chi connectivity index (χ2v) is 10.5. The molecule has 6 nitrogen and oxygen atoms in total. The zero-order chi connectivity index (χ0) is 26.6. The summed E-state index contributed by atoms with van der Waals surface area (Å²) in [4.78, 5) is 25.3. The van der Waals surface area contributed by atoms with E-state index in [1.165, 1.54) is 11.0 Å². The summed E-state index contributed by atoms with van der Waals surface area (Å²) in [6, 6.07) is 10.2. The molecule has 10 heteroatoms. The van der Waals surface area contributed by atoms with Crippen LogP contribution in [0.15, 0.2) is 36.4 Å². The highest BCUT2D eigenvalue weighted by atomic mass is 35.5. The number of alkyl halides is 3. The Labute approximate surface area is 221 Å². The molecule has 1 saturated carbocycles. The summed E-state index contributed by atoms with van der Waals surface area (Å²) in [6.45, 7) is 1.98. The number of halogens is 4. The highest BCUT2D eigenvalue weighted by molar-refractivity contribution is 6.32. The van der Waals surface area contributed by atoms with Gasteiger partial charge in [-0.1, -0.05) is 35.9 Å². The maximum atomic E-state index is 13.7. The van der Waals surface area contributed by atoms with Gasteiger partial charge in [-0.3, -0.25) is 9.63 Å². The summed E-state index contributed by atoms with van der Waals surface area (Å²) in [5.41, 5.74) is 4.05. The molecule has 0 bridgehead atoms. The number of hydrogen-bond donors (Lipinski definition) is 1. The van der Waals surface area contributed by atoms with Crippen molar-refractivity contribution in [3.8, 4) is 0 Å². The van der Waals surface area contributed by atoms with Crippen LogP contribution in [0.1, 0.15) is 72.0 Å². The normalized spacial score (nSPS) is 17.6. The molecule has 1 aliphatic heterocycles. The minimum Gasteiger partial charge on any atom is -0.357 e. The third-order valence-corrected chi connectivity index (χ3v) is 7.35. The van der Waals surface area contributed by atoms with Crippen molar-refractivity contribution in [2.24, 2.45) is 5.92 Å². The zero-order valence-corrected chi connectivity index (χ0v) is 22.0. The Bertz CT molecular complexity index is 1070.